The Labute approximate surface area is 122 Å². The minimum absolute atomic E-state index is 0.102. The van der Waals surface area contributed by atoms with Gasteiger partial charge in [0.1, 0.15) is 6.10 Å². The van der Waals surface area contributed by atoms with Gasteiger partial charge in [-0.25, -0.2) is 0 Å². The van der Waals surface area contributed by atoms with Gasteiger partial charge in [-0.05, 0) is 43.2 Å². The molecular weight excluding hydrogens is 268 g/mol. The minimum Gasteiger partial charge on any atom is -0.383 e. The van der Waals surface area contributed by atoms with Crippen LogP contribution in [0.15, 0.2) is 53.5 Å². The number of carbonyl (C=O) groups excluding carboxylic acids is 1. The van der Waals surface area contributed by atoms with Crippen molar-refractivity contribution in [2.45, 2.75) is 18.9 Å². The fourth-order valence-electron chi connectivity index (χ4n) is 2.55. The van der Waals surface area contributed by atoms with E-state index in [1.807, 2.05) is 0 Å². The number of aliphatic hydroxyl groups excluding tert-OH is 1. The van der Waals surface area contributed by atoms with E-state index in [9.17, 15) is 14.7 Å². The van der Waals surface area contributed by atoms with Crippen molar-refractivity contribution in [1.29, 1.82) is 0 Å². The topological polar surface area (TPSA) is 62.5 Å². The number of carbonyl (C=O) groups is 1. The Bertz CT molecular complexity index is 706. The smallest absolute Gasteiger partial charge is 0.255 e. The third kappa shape index (κ3) is 2.60. The van der Waals surface area contributed by atoms with Gasteiger partial charge in [0, 0.05) is 30.2 Å². The van der Waals surface area contributed by atoms with Crippen LogP contribution in [0.1, 0.15) is 12.8 Å². The van der Waals surface area contributed by atoms with Gasteiger partial charge in [-0.15, -0.1) is 0 Å². The van der Waals surface area contributed by atoms with E-state index in [2.05, 4.69) is 0 Å². The largest absolute Gasteiger partial charge is 0.383 e. The van der Waals surface area contributed by atoms with Gasteiger partial charge < -0.3 is 10.0 Å². The summed E-state index contributed by atoms with van der Waals surface area (Å²) in [6.07, 6.45) is 2.10. The molecule has 1 fully saturated rings. The first kappa shape index (κ1) is 13.6. The lowest BCUT2D eigenvalue weighted by Crippen LogP contribution is -2.44. The maximum absolute atomic E-state index is 12.0. The zero-order chi connectivity index (χ0) is 14.8. The zero-order valence-electron chi connectivity index (χ0n) is 11.5. The molecule has 1 unspecified atom stereocenters. The van der Waals surface area contributed by atoms with Crippen LogP contribution in [0.5, 0.6) is 0 Å². The van der Waals surface area contributed by atoms with Crippen LogP contribution in [0, 0.1) is 0 Å². The molecule has 1 saturated heterocycles. The van der Waals surface area contributed by atoms with Gasteiger partial charge in [-0.2, -0.15) is 0 Å². The van der Waals surface area contributed by atoms with Crippen molar-refractivity contribution in [3.63, 3.8) is 0 Å². The van der Waals surface area contributed by atoms with Crippen LogP contribution >= 0.6 is 0 Å². The highest BCUT2D eigenvalue weighted by atomic mass is 16.3. The summed E-state index contributed by atoms with van der Waals surface area (Å²) < 4.78 is 1.54. The molecule has 3 rings (SSSR count). The molecule has 0 bridgehead atoms. The number of aliphatic hydroxyl groups is 1. The van der Waals surface area contributed by atoms with E-state index in [0.717, 1.165) is 17.8 Å². The van der Waals surface area contributed by atoms with Crippen molar-refractivity contribution < 1.29 is 9.90 Å². The van der Waals surface area contributed by atoms with Crippen molar-refractivity contribution in [1.82, 2.24) is 4.57 Å². The number of benzene rings is 1. The van der Waals surface area contributed by atoms with E-state index in [4.69, 9.17) is 0 Å². The lowest BCUT2D eigenvalue weighted by atomic mass is 10.1. The molecule has 0 spiro atoms. The van der Waals surface area contributed by atoms with E-state index in [1.54, 1.807) is 47.5 Å². The molecule has 108 valence electrons. The molecule has 5 heteroatoms. The number of rotatable bonds is 2. The second-order valence-electron chi connectivity index (χ2n) is 5.07. The van der Waals surface area contributed by atoms with Gasteiger partial charge >= 0.3 is 0 Å². The van der Waals surface area contributed by atoms with E-state index < -0.39 is 6.10 Å². The molecule has 0 radical (unpaired) electrons. The molecule has 2 aromatic rings. The number of hydrogen-bond acceptors (Lipinski definition) is 3. The summed E-state index contributed by atoms with van der Waals surface area (Å²) >= 11 is 0. The average Bonchev–Trinajstić information content (AvgIpc) is 2.51. The standard InChI is InChI=1S/C16H16N2O3/c19-14-4-3-11-18(16(14)21)13-8-6-12(7-9-13)17-10-2-1-5-15(17)20/h1-2,5-10,14,19H,3-4,11H2. The number of aromatic nitrogens is 1. The van der Waals surface area contributed by atoms with Crippen molar-refractivity contribution >= 4 is 11.6 Å². The summed E-state index contributed by atoms with van der Waals surface area (Å²) in [6.45, 7) is 0.612. The second kappa shape index (κ2) is 5.54. The van der Waals surface area contributed by atoms with Crippen LogP contribution < -0.4 is 10.5 Å². The first-order chi connectivity index (χ1) is 10.2. The first-order valence-corrected chi connectivity index (χ1v) is 6.94. The maximum Gasteiger partial charge on any atom is 0.255 e. The summed E-state index contributed by atoms with van der Waals surface area (Å²) in [6, 6.07) is 12.2. The third-order valence-electron chi connectivity index (χ3n) is 3.67. The lowest BCUT2D eigenvalue weighted by Gasteiger charge is -2.29. The van der Waals surface area contributed by atoms with Crippen molar-refractivity contribution in [2.24, 2.45) is 0 Å². The van der Waals surface area contributed by atoms with Gasteiger partial charge in [-0.1, -0.05) is 6.07 Å². The second-order valence-corrected chi connectivity index (χ2v) is 5.07. The lowest BCUT2D eigenvalue weighted by molar-refractivity contribution is -0.128. The normalized spacial score (nSPS) is 18.8. The third-order valence-corrected chi connectivity index (χ3v) is 3.67. The Morgan fingerprint density at radius 3 is 2.43 bits per heavy atom. The van der Waals surface area contributed by atoms with Crippen LogP contribution in [0.3, 0.4) is 0 Å². The molecule has 1 aliphatic heterocycles. The number of pyridine rings is 1. The van der Waals surface area contributed by atoms with Crippen molar-refractivity contribution in [3.8, 4) is 5.69 Å². The van der Waals surface area contributed by atoms with E-state index in [-0.39, 0.29) is 11.5 Å². The highest BCUT2D eigenvalue weighted by Gasteiger charge is 2.27. The molecular formula is C16H16N2O3. The quantitative estimate of drug-likeness (QED) is 0.905. The van der Waals surface area contributed by atoms with Crippen molar-refractivity contribution in [2.75, 3.05) is 11.4 Å². The molecule has 1 aromatic heterocycles. The predicted molar refractivity (Wildman–Crippen MR) is 79.6 cm³/mol. The number of nitrogens with zero attached hydrogens (tertiary/aromatic N) is 2. The molecule has 0 saturated carbocycles. The van der Waals surface area contributed by atoms with Crippen LogP contribution in [0.25, 0.3) is 5.69 Å². The monoisotopic (exact) mass is 284 g/mol. The van der Waals surface area contributed by atoms with Crippen LogP contribution in [0.2, 0.25) is 0 Å². The fourth-order valence-corrected chi connectivity index (χ4v) is 2.55. The van der Waals surface area contributed by atoms with Gasteiger partial charge in [0.15, 0.2) is 0 Å². The van der Waals surface area contributed by atoms with Gasteiger partial charge in [0.2, 0.25) is 0 Å². The number of hydrogen-bond donors (Lipinski definition) is 1. The molecule has 1 amide bonds. The van der Waals surface area contributed by atoms with Crippen LogP contribution in [-0.2, 0) is 4.79 Å². The van der Waals surface area contributed by atoms with Gasteiger partial charge in [0.05, 0.1) is 0 Å². The predicted octanol–water partition coefficient (Wildman–Crippen LogP) is 1.33. The number of amides is 1. The Morgan fingerprint density at radius 1 is 1.00 bits per heavy atom. The minimum atomic E-state index is -0.907. The van der Waals surface area contributed by atoms with Crippen molar-refractivity contribution in [3.05, 3.63) is 59.0 Å². The fraction of sp³-hybridized carbons (Fsp3) is 0.250. The van der Waals surface area contributed by atoms with Crippen LogP contribution in [0.4, 0.5) is 5.69 Å². The Morgan fingerprint density at radius 2 is 1.71 bits per heavy atom. The molecule has 5 nitrogen and oxygen atoms in total. The Hall–Kier alpha value is -2.40. The summed E-state index contributed by atoms with van der Waals surface area (Å²) in [4.78, 5) is 25.3. The highest BCUT2D eigenvalue weighted by Crippen LogP contribution is 2.22. The first-order valence-electron chi connectivity index (χ1n) is 6.94. The van der Waals surface area contributed by atoms with E-state index in [1.165, 1.54) is 10.6 Å². The molecule has 1 aliphatic rings. The summed E-state index contributed by atoms with van der Waals surface area (Å²) in [5.41, 5.74) is 1.38. The number of piperidine rings is 1. The van der Waals surface area contributed by atoms with Crippen LogP contribution in [-0.4, -0.2) is 28.2 Å². The summed E-state index contributed by atoms with van der Waals surface area (Å²) in [7, 11) is 0. The summed E-state index contributed by atoms with van der Waals surface area (Å²) in [5, 5.41) is 9.64. The number of anilines is 1. The molecule has 1 atom stereocenters. The molecule has 1 aromatic carbocycles. The molecule has 21 heavy (non-hydrogen) atoms. The van der Waals surface area contributed by atoms with Gasteiger partial charge in [-0.3, -0.25) is 14.2 Å². The summed E-state index contributed by atoms with van der Waals surface area (Å²) in [5.74, 6) is -0.258. The molecule has 2 heterocycles. The Balaban J connectivity index is 1.89. The SMILES string of the molecule is O=C1C(O)CCCN1c1ccc(-n2ccccc2=O)cc1. The van der Waals surface area contributed by atoms with Gasteiger partial charge in [0.25, 0.3) is 11.5 Å². The Kier molecular flexibility index (Phi) is 3.58. The van der Waals surface area contributed by atoms with E-state index in [0.29, 0.717) is 13.0 Å². The molecule has 1 N–H and O–H groups in total. The maximum atomic E-state index is 12.0. The zero-order valence-corrected chi connectivity index (χ0v) is 11.5. The highest BCUT2D eigenvalue weighted by molar-refractivity contribution is 5.97. The average molecular weight is 284 g/mol. The van der Waals surface area contributed by atoms with E-state index >= 15 is 0 Å². The molecule has 0 aliphatic carbocycles.